The zero-order valence-corrected chi connectivity index (χ0v) is 13.9. The monoisotopic (exact) mass is 300 g/mol. The summed E-state index contributed by atoms with van der Waals surface area (Å²) in [5.74, 6) is 0.277. The third kappa shape index (κ3) is 4.33. The molecule has 6 nitrogen and oxygen atoms in total. The molecule has 1 saturated heterocycles. The van der Waals surface area contributed by atoms with Crippen molar-refractivity contribution in [1.82, 2.24) is 10.2 Å². The second-order valence-corrected chi connectivity index (χ2v) is 6.25. The van der Waals surface area contributed by atoms with E-state index in [0.717, 1.165) is 6.42 Å². The molecule has 6 heteroatoms. The molecule has 21 heavy (non-hydrogen) atoms. The highest BCUT2D eigenvalue weighted by Crippen LogP contribution is 2.27. The Balaban J connectivity index is 2.88. The van der Waals surface area contributed by atoms with E-state index in [1.54, 1.807) is 7.11 Å². The second kappa shape index (κ2) is 7.64. The fourth-order valence-corrected chi connectivity index (χ4v) is 2.76. The number of alkyl carbamates (subject to hydrolysis) is 1. The Morgan fingerprint density at radius 3 is 2.24 bits per heavy atom. The molecule has 2 unspecified atom stereocenters. The Kier molecular flexibility index (Phi) is 6.45. The third-order valence-corrected chi connectivity index (χ3v) is 4.08. The largest absolute Gasteiger partial charge is 0.453 e. The lowest BCUT2D eigenvalue weighted by atomic mass is 9.98. The molecule has 1 aliphatic rings. The minimum Gasteiger partial charge on any atom is -0.453 e. The Labute approximate surface area is 127 Å². The summed E-state index contributed by atoms with van der Waals surface area (Å²) in [5, 5.41) is 2.64. The summed E-state index contributed by atoms with van der Waals surface area (Å²) in [4.78, 5) is 26.1. The van der Waals surface area contributed by atoms with Crippen LogP contribution >= 0.6 is 0 Å². The summed E-state index contributed by atoms with van der Waals surface area (Å²) in [5.41, 5.74) is 0. The summed E-state index contributed by atoms with van der Waals surface area (Å²) in [7, 11) is 2.97. The second-order valence-electron chi connectivity index (χ2n) is 6.25. The highest BCUT2D eigenvalue weighted by atomic mass is 16.5. The summed E-state index contributed by atoms with van der Waals surface area (Å²) in [6.07, 6.45) is 0.320. The van der Waals surface area contributed by atoms with Crippen LogP contribution in [-0.4, -0.2) is 55.9 Å². The number of hydrogen-bond acceptors (Lipinski definition) is 4. The molecule has 0 spiro atoms. The molecule has 0 aromatic rings. The molecule has 122 valence electrons. The van der Waals surface area contributed by atoms with E-state index in [1.165, 1.54) is 7.11 Å². The van der Waals surface area contributed by atoms with Gasteiger partial charge in [-0.2, -0.15) is 0 Å². The molecule has 0 aromatic carbocycles. The minimum absolute atomic E-state index is 0.00833. The van der Waals surface area contributed by atoms with E-state index in [4.69, 9.17) is 4.74 Å². The van der Waals surface area contributed by atoms with Gasteiger partial charge in [0.25, 0.3) is 0 Å². The van der Waals surface area contributed by atoms with Gasteiger partial charge in [-0.25, -0.2) is 4.79 Å². The van der Waals surface area contributed by atoms with Crippen molar-refractivity contribution in [3.8, 4) is 0 Å². The number of hydrogen-bond donors (Lipinski definition) is 1. The number of methoxy groups -OCH3 is 2. The molecular formula is C15H28N2O4. The lowest BCUT2D eigenvalue weighted by Gasteiger charge is -2.32. The average Bonchev–Trinajstić information content (AvgIpc) is 2.87. The number of rotatable bonds is 5. The van der Waals surface area contributed by atoms with E-state index < -0.39 is 12.1 Å². The van der Waals surface area contributed by atoms with Crippen molar-refractivity contribution in [3.63, 3.8) is 0 Å². The van der Waals surface area contributed by atoms with Gasteiger partial charge >= 0.3 is 6.09 Å². The van der Waals surface area contributed by atoms with Crippen LogP contribution in [0.25, 0.3) is 0 Å². The first kappa shape index (κ1) is 17.8. The molecule has 1 N–H and O–H groups in total. The zero-order chi connectivity index (χ0) is 16.2. The van der Waals surface area contributed by atoms with Gasteiger partial charge in [0.15, 0.2) is 0 Å². The molecule has 0 aromatic heterocycles. The molecule has 1 fully saturated rings. The topological polar surface area (TPSA) is 67.9 Å². The standard InChI is InChI=1S/C15H28N2O4/c1-9(2)12-7-11(20-5)8-17(12)14(18)13(10(3)4)16-15(19)21-6/h9-13H,7-8H2,1-6H3,(H,16,19)/t11?,12?,13-/m0/s1. The van der Waals surface area contributed by atoms with Crippen LogP contribution in [0.3, 0.4) is 0 Å². The van der Waals surface area contributed by atoms with Crippen molar-refractivity contribution in [2.45, 2.75) is 52.3 Å². The first-order chi connectivity index (χ1) is 9.81. The quantitative estimate of drug-likeness (QED) is 0.838. The molecule has 0 bridgehead atoms. The lowest BCUT2D eigenvalue weighted by molar-refractivity contribution is -0.136. The van der Waals surface area contributed by atoms with E-state index in [1.807, 2.05) is 18.7 Å². The van der Waals surface area contributed by atoms with E-state index >= 15 is 0 Å². The fraction of sp³-hybridized carbons (Fsp3) is 0.867. The van der Waals surface area contributed by atoms with E-state index in [-0.39, 0.29) is 24.0 Å². The summed E-state index contributed by atoms with van der Waals surface area (Å²) >= 11 is 0. The van der Waals surface area contributed by atoms with Crippen molar-refractivity contribution >= 4 is 12.0 Å². The van der Waals surface area contributed by atoms with Crippen LogP contribution in [0.5, 0.6) is 0 Å². The van der Waals surface area contributed by atoms with E-state index in [0.29, 0.717) is 12.5 Å². The zero-order valence-electron chi connectivity index (χ0n) is 13.9. The smallest absolute Gasteiger partial charge is 0.407 e. The van der Waals surface area contributed by atoms with Gasteiger partial charge in [-0.05, 0) is 18.3 Å². The number of likely N-dealkylation sites (tertiary alicyclic amines) is 1. The minimum atomic E-state index is -0.578. The molecular weight excluding hydrogens is 272 g/mol. The molecule has 0 saturated carbocycles. The first-order valence-electron chi connectivity index (χ1n) is 7.49. The van der Waals surface area contributed by atoms with Crippen LogP contribution < -0.4 is 5.32 Å². The molecule has 0 aliphatic carbocycles. The van der Waals surface area contributed by atoms with Gasteiger partial charge in [0.1, 0.15) is 6.04 Å². The molecule has 1 heterocycles. The number of nitrogens with zero attached hydrogens (tertiary/aromatic N) is 1. The highest BCUT2D eigenvalue weighted by molar-refractivity contribution is 5.86. The predicted octanol–water partition coefficient (Wildman–Crippen LogP) is 1.64. The molecule has 1 rings (SSSR count). The number of carbonyl (C=O) groups excluding carboxylic acids is 2. The van der Waals surface area contributed by atoms with Crippen LogP contribution in [0.4, 0.5) is 4.79 Å². The Hall–Kier alpha value is -1.30. The van der Waals surface area contributed by atoms with Gasteiger partial charge in [-0.3, -0.25) is 4.79 Å². The van der Waals surface area contributed by atoms with Crippen LogP contribution in [0.1, 0.15) is 34.1 Å². The number of amides is 2. The lowest BCUT2D eigenvalue weighted by Crippen LogP contribution is -2.53. The average molecular weight is 300 g/mol. The van der Waals surface area contributed by atoms with Crippen LogP contribution in [-0.2, 0) is 14.3 Å². The SMILES string of the molecule is COC(=O)N[C@H](C(=O)N1CC(OC)CC1C(C)C)C(C)C. The number of ether oxygens (including phenoxy) is 2. The van der Waals surface area contributed by atoms with Crippen molar-refractivity contribution in [2.75, 3.05) is 20.8 Å². The highest BCUT2D eigenvalue weighted by Gasteiger charge is 2.40. The fourth-order valence-electron chi connectivity index (χ4n) is 2.76. The van der Waals surface area contributed by atoms with Crippen molar-refractivity contribution in [1.29, 1.82) is 0 Å². The van der Waals surface area contributed by atoms with Gasteiger partial charge in [-0.1, -0.05) is 27.7 Å². The molecule has 3 atom stereocenters. The Bertz CT molecular complexity index is 371. The van der Waals surface area contributed by atoms with Gasteiger partial charge in [0, 0.05) is 19.7 Å². The van der Waals surface area contributed by atoms with E-state index in [9.17, 15) is 9.59 Å². The summed E-state index contributed by atoms with van der Waals surface area (Å²) in [6.45, 7) is 8.59. The van der Waals surface area contributed by atoms with Crippen molar-refractivity contribution < 1.29 is 19.1 Å². The Morgan fingerprint density at radius 1 is 1.19 bits per heavy atom. The summed E-state index contributed by atoms with van der Waals surface area (Å²) < 4.78 is 10.0. The van der Waals surface area contributed by atoms with Crippen LogP contribution in [0.15, 0.2) is 0 Å². The van der Waals surface area contributed by atoms with Crippen molar-refractivity contribution in [3.05, 3.63) is 0 Å². The van der Waals surface area contributed by atoms with Gasteiger partial charge < -0.3 is 19.7 Å². The summed E-state index contributed by atoms with van der Waals surface area (Å²) in [6, 6.07) is -0.433. The van der Waals surface area contributed by atoms with Crippen LogP contribution in [0, 0.1) is 11.8 Å². The molecule has 1 aliphatic heterocycles. The molecule has 0 radical (unpaired) electrons. The van der Waals surface area contributed by atoms with Gasteiger partial charge in [0.2, 0.25) is 5.91 Å². The number of nitrogens with one attached hydrogen (secondary N) is 1. The maximum absolute atomic E-state index is 12.8. The van der Waals surface area contributed by atoms with Crippen molar-refractivity contribution in [2.24, 2.45) is 11.8 Å². The normalized spacial score (nSPS) is 23.5. The van der Waals surface area contributed by atoms with Gasteiger partial charge in [-0.15, -0.1) is 0 Å². The third-order valence-electron chi connectivity index (χ3n) is 4.08. The predicted molar refractivity (Wildman–Crippen MR) is 79.9 cm³/mol. The first-order valence-corrected chi connectivity index (χ1v) is 7.49. The van der Waals surface area contributed by atoms with Crippen LogP contribution in [0.2, 0.25) is 0 Å². The van der Waals surface area contributed by atoms with Gasteiger partial charge in [0.05, 0.1) is 13.2 Å². The molecule has 2 amide bonds. The van der Waals surface area contributed by atoms with E-state index in [2.05, 4.69) is 23.9 Å². The maximum Gasteiger partial charge on any atom is 0.407 e. The maximum atomic E-state index is 12.8. The number of carbonyl (C=O) groups is 2. The Morgan fingerprint density at radius 2 is 1.81 bits per heavy atom.